The number of ketones is 1. The minimum absolute atomic E-state index is 0.000362. The zero-order valence-corrected chi connectivity index (χ0v) is 11.7. The topological polar surface area (TPSA) is 26.3 Å². The average molecular weight is 275 g/mol. The molecule has 0 aliphatic rings. The Labute approximate surface area is 118 Å². The molecular weight excluding hydrogens is 260 g/mol. The summed E-state index contributed by atoms with van der Waals surface area (Å²) in [5.74, 6) is 0.634. The van der Waals surface area contributed by atoms with Crippen molar-refractivity contribution < 1.29 is 9.53 Å². The van der Waals surface area contributed by atoms with Crippen molar-refractivity contribution in [3.63, 3.8) is 0 Å². The van der Waals surface area contributed by atoms with Gasteiger partial charge in [0.2, 0.25) is 0 Å². The van der Waals surface area contributed by atoms with Crippen molar-refractivity contribution in [2.45, 2.75) is 20.5 Å². The van der Waals surface area contributed by atoms with Gasteiger partial charge in [-0.15, -0.1) is 0 Å². The van der Waals surface area contributed by atoms with Crippen LogP contribution >= 0.6 is 11.6 Å². The van der Waals surface area contributed by atoms with E-state index in [9.17, 15) is 4.79 Å². The fraction of sp³-hybridized carbons (Fsp3) is 0.188. The number of benzene rings is 2. The lowest BCUT2D eigenvalue weighted by molar-refractivity contribution is 0.101. The predicted molar refractivity (Wildman–Crippen MR) is 77.0 cm³/mol. The van der Waals surface area contributed by atoms with Gasteiger partial charge in [-0.3, -0.25) is 4.79 Å². The van der Waals surface area contributed by atoms with Crippen molar-refractivity contribution in [3.05, 3.63) is 64.2 Å². The Morgan fingerprint density at radius 1 is 1.21 bits per heavy atom. The molecule has 0 amide bonds. The summed E-state index contributed by atoms with van der Waals surface area (Å²) < 4.78 is 5.75. The van der Waals surface area contributed by atoms with Gasteiger partial charge in [0.25, 0.3) is 0 Å². The van der Waals surface area contributed by atoms with E-state index in [1.807, 2.05) is 37.3 Å². The molecule has 0 saturated heterocycles. The molecule has 0 saturated carbocycles. The van der Waals surface area contributed by atoms with Crippen molar-refractivity contribution in [2.24, 2.45) is 0 Å². The lowest BCUT2D eigenvalue weighted by Crippen LogP contribution is -2.00. The highest BCUT2D eigenvalue weighted by Crippen LogP contribution is 2.30. The van der Waals surface area contributed by atoms with Crippen LogP contribution in [-0.2, 0) is 6.61 Å². The third-order valence-corrected chi connectivity index (χ3v) is 3.14. The molecule has 2 nitrogen and oxygen atoms in total. The van der Waals surface area contributed by atoms with Crippen molar-refractivity contribution in [1.82, 2.24) is 0 Å². The van der Waals surface area contributed by atoms with E-state index in [0.717, 1.165) is 11.1 Å². The van der Waals surface area contributed by atoms with Crippen LogP contribution in [0.1, 0.15) is 28.4 Å². The van der Waals surface area contributed by atoms with Gasteiger partial charge < -0.3 is 4.74 Å². The highest BCUT2D eigenvalue weighted by atomic mass is 35.5. The van der Waals surface area contributed by atoms with Gasteiger partial charge in [-0.2, -0.15) is 0 Å². The summed E-state index contributed by atoms with van der Waals surface area (Å²) in [7, 11) is 0. The van der Waals surface area contributed by atoms with E-state index in [1.165, 1.54) is 6.92 Å². The molecular formula is C16H15ClO2. The minimum Gasteiger partial charge on any atom is -0.487 e. The number of halogens is 1. The largest absolute Gasteiger partial charge is 0.487 e. The zero-order chi connectivity index (χ0) is 13.8. The fourth-order valence-electron chi connectivity index (χ4n) is 1.85. The highest BCUT2D eigenvalue weighted by Gasteiger charge is 2.10. The van der Waals surface area contributed by atoms with Crippen molar-refractivity contribution in [2.75, 3.05) is 0 Å². The second-order valence-electron chi connectivity index (χ2n) is 4.43. The molecule has 2 aromatic rings. The van der Waals surface area contributed by atoms with Gasteiger partial charge in [-0.25, -0.2) is 0 Å². The van der Waals surface area contributed by atoms with E-state index in [1.54, 1.807) is 12.1 Å². The second kappa shape index (κ2) is 5.89. The van der Waals surface area contributed by atoms with Gasteiger partial charge in [-0.05, 0) is 37.1 Å². The summed E-state index contributed by atoms with van der Waals surface area (Å²) >= 11 is 6.17. The van der Waals surface area contributed by atoms with Gasteiger partial charge >= 0.3 is 0 Å². The first kappa shape index (κ1) is 13.6. The molecule has 98 valence electrons. The monoisotopic (exact) mass is 274 g/mol. The van der Waals surface area contributed by atoms with Crippen LogP contribution in [0.5, 0.6) is 5.75 Å². The number of carbonyl (C=O) groups is 1. The maximum Gasteiger partial charge on any atom is 0.159 e. The molecule has 0 spiro atoms. The summed E-state index contributed by atoms with van der Waals surface area (Å²) in [5.41, 5.74) is 2.55. The molecule has 0 atom stereocenters. The molecule has 0 heterocycles. The van der Waals surface area contributed by atoms with Crippen molar-refractivity contribution in [3.8, 4) is 5.75 Å². The molecule has 2 aromatic carbocycles. The van der Waals surface area contributed by atoms with E-state index >= 15 is 0 Å². The quantitative estimate of drug-likeness (QED) is 0.771. The summed E-state index contributed by atoms with van der Waals surface area (Å²) in [6, 6.07) is 13.3. The SMILES string of the molecule is CC(=O)c1cc(C)c(OCc2ccccc2)c(Cl)c1. The van der Waals surface area contributed by atoms with Crippen LogP contribution in [0.25, 0.3) is 0 Å². The van der Waals surface area contributed by atoms with Crippen molar-refractivity contribution in [1.29, 1.82) is 0 Å². The Bertz CT molecular complexity index is 568. The maximum atomic E-state index is 11.3. The third kappa shape index (κ3) is 3.36. The van der Waals surface area contributed by atoms with Gasteiger partial charge in [-0.1, -0.05) is 41.9 Å². The number of hydrogen-bond acceptors (Lipinski definition) is 2. The maximum absolute atomic E-state index is 11.3. The molecule has 3 heteroatoms. The Morgan fingerprint density at radius 2 is 1.89 bits per heavy atom. The third-order valence-electron chi connectivity index (χ3n) is 2.86. The Morgan fingerprint density at radius 3 is 2.47 bits per heavy atom. The molecule has 0 radical (unpaired) electrons. The van der Waals surface area contributed by atoms with Gasteiger partial charge in [0.1, 0.15) is 12.4 Å². The van der Waals surface area contributed by atoms with E-state index in [-0.39, 0.29) is 5.78 Å². The van der Waals surface area contributed by atoms with E-state index in [4.69, 9.17) is 16.3 Å². The Hall–Kier alpha value is -1.80. The van der Waals surface area contributed by atoms with Gasteiger partial charge in [0.05, 0.1) is 5.02 Å². The first-order valence-electron chi connectivity index (χ1n) is 6.05. The van der Waals surface area contributed by atoms with Crippen LogP contribution < -0.4 is 4.74 Å². The predicted octanol–water partition coefficient (Wildman–Crippen LogP) is 4.43. The zero-order valence-electron chi connectivity index (χ0n) is 10.9. The van der Waals surface area contributed by atoms with Crippen LogP contribution in [0.3, 0.4) is 0 Å². The fourth-order valence-corrected chi connectivity index (χ4v) is 2.17. The van der Waals surface area contributed by atoms with Crippen LogP contribution in [0.15, 0.2) is 42.5 Å². The number of aryl methyl sites for hydroxylation is 1. The number of Topliss-reactive ketones (excluding diaryl/α,β-unsaturated/α-hetero) is 1. The molecule has 0 fully saturated rings. The lowest BCUT2D eigenvalue weighted by Gasteiger charge is -2.12. The number of ether oxygens (including phenoxy) is 1. The number of carbonyl (C=O) groups excluding carboxylic acids is 1. The molecule has 0 aliphatic heterocycles. The van der Waals surface area contributed by atoms with Crippen molar-refractivity contribution >= 4 is 17.4 Å². The molecule has 0 N–H and O–H groups in total. The first-order valence-corrected chi connectivity index (χ1v) is 6.43. The highest BCUT2D eigenvalue weighted by molar-refractivity contribution is 6.32. The summed E-state index contributed by atoms with van der Waals surface area (Å²) in [6.45, 7) is 3.87. The average Bonchev–Trinajstić information content (AvgIpc) is 2.38. The second-order valence-corrected chi connectivity index (χ2v) is 4.84. The number of hydrogen-bond donors (Lipinski definition) is 0. The molecule has 0 aromatic heterocycles. The smallest absolute Gasteiger partial charge is 0.159 e. The molecule has 2 rings (SSSR count). The van der Waals surface area contributed by atoms with Crippen LogP contribution in [-0.4, -0.2) is 5.78 Å². The van der Waals surface area contributed by atoms with Crippen LogP contribution in [0, 0.1) is 6.92 Å². The van der Waals surface area contributed by atoms with Crippen LogP contribution in [0.2, 0.25) is 5.02 Å². The van der Waals surface area contributed by atoms with Gasteiger partial charge in [0.15, 0.2) is 5.78 Å². The lowest BCUT2D eigenvalue weighted by atomic mass is 10.1. The molecule has 0 unspecified atom stereocenters. The molecule has 0 bridgehead atoms. The summed E-state index contributed by atoms with van der Waals surface area (Å²) in [4.78, 5) is 11.3. The van der Waals surface area contributed by atoms with E-state index < -0.39 is 0 Å². The number of rotatable bonds is 4. The standard InChI is InChI=1S/C16H15ClO2/c1-11-8-14(12(2)18)9-15(17)16(11)19-10-13-6-4-3-5-7-13/h3-9H,10H2,1-2H3. The Kier molecular flexibility index (Phi) is 4.23. The first-order chi connectivity index (χ1) is 9.08. The summed E-state index contributed by atoms with van der Waals surface area (Å²) in [6.07, 6.45) is 0. The van der Waals surface area contributed by atoms with E-state index in [2.05, 4.69) is 0 Å². The van der Waals surface area contributed by atoms with E-state index in [0.29, 0.717) is 22.9 Å². The Balaban J connectivity index is 2.19. The molecule has 19 heavy (non-hydrogen) atoms. The van der Waals surface area contributed by atoms with Gasteiger partial charge in [0, 0.05) is 5.56 Å². The minimum atomic E-state index is -0.000362. The molecule has 0 aliphatic carbocycles. The summed E-state index contributed by atoms with van der Waals surface area (Å²) in [5, 5.41) is 0.473. The normalized spacial score (nSPS) is 10.3. The van der Waals surface area contributed by atoms with Crippen LogP contribution in [0.4, 0.5) is 0 Å².